The third kappa shape index (κ3) is 9.59. The fraction of sp³-hybridized carbons (Fsp3) is 0.400. The number of carbonyl (C=O) groups is 1. The van der Waals surface area contributed by atoms with Crippen molar-refractivity contribution in [2.75, 3.05) is 19.4 Å². The largest absolute Gasteiger partial charge is 0.341 e. The lowest BCUT2D eigenvalue weighted by molar-refractivity contribution is 0.254. The van der Waals surface area contributed by atoms with E-state index in [0.717, 1.165) is 46.5 Å². The lowest BCUT2D eigenvalue weighted by atomic mass is 9.86. The first-order valence-electron chi connectivity index (χ1n) is 15.1. The zero-order valence-corrected chi connectivity index (χ0v) is 26.9. The molecule has 4 aromatic rings. The smallest absolute Gasteiger partial charge is 0.318 e. The van der Waals surface area contributed by atoms with Gasteiger partial charge in [-0.25, -0.2) is 9.78 Å². The van der Waals surface area contributed by atoms with Crippen LogP contribution in [0.1, 0.15) is 90.8 Å². The number of carbonyl (C=O) groups excluding carboxylic acids is 1. The number of hydrogen-bond donors (Lipinski definition) is 3. The Morgan fingerprint density at radius 2 is 1.61 bits per heavy atom. The zero-order chi connectivity index (χ0) is 30.8. The molecular weight excluding hydrogens is 506 g/mol. The lowest BCUT2D eigenvalue weighted by Gasteiger charge is -2.19. The number of pyridine rings is 1. The van der Waals surface area contributed by atoms with Gasteiger partial charge in [-0.3, -0.25) is 4.99 Å². The molecule has 1 unspecified atom stereocenters. The molecule has 2 amide bonds. The van der Waals surface area contributed by atoms with E-state index >= 15 is 0 Å². The number of nitrogens with zero attached hydrogens (tertiary/aromatic N) is 2. The van der Waals surface area contributed by atoms with Gasteiger partial charge in [0.25, 0.3) is 0 Å². The van der Waals surface area contributed by atoms with Gasteiger partial charge in [0.2, 0.25) is 0 Å². The third-order valence-corrected chi connectivity index (χ3v) is 6.23. The molecule has 1 atom stereocenters. The number of amides is 2. The summed E-state index contributed by atoms with van der Waals surface area (Å²) in [6.07, 6.45) is 5.02. The summed E-state index contributed by atoms with van der Waals surface area (Å²) in [5, 5.41) is 6.48. The summed E-state index contributed by atoms with van der Waals surface area (Å²) in [5.41, 5.74) is 8.42. The normalized spacial score (nSPS) is 11.1. The minimum absolute atomic E-state index is 0.110. The summed E-state index contributed by atoms with van der Waals surface area (Å²) >= 11 is 0. The first-order valence-corrected chi connectivity index (χ1v) is 15.1. The van der Waals surface area contributed by atoms with Crippen molar-refractivity contribution < 1.29 is 4.79 Å². The highest BCUT2D eigenvalue weighted by Gasteiger charge is 2.21. The van der Waals surface area contributed by atoms with Gasteiger partial charge in [-0.05, 0) is 65.4 Å². The molecule has 222 valence electrons. The molecule has 0 saturated heterocycles. The lowest BCUT2D eigenvalue weighted by Crippen LogP contribution is -2.24. The fourth-order valence-corrected chi connectivity index (χ4v) is 4.43. The summed E-state index contributed by atoms with van der Waals surface area (Å²) in [6, 6.07) is 20.5. The molecule has 0 aliphatic rings. The molecule has 0 aliphatic heterocycles. The Morgan fingerprint density at radius 1 is 0.951 bits per heavy atom. The molecule has 3 N–H and O–H groups in total. The number of hydrogen-bond acceptors (Lipinski definition) is 3. The predicted octanol–water partition coefficient (Wildman–Crippen LogP) is 9.63. The van der Waals surface area contributed by atoms with Crippen LogP contribution in [0.5, 0.6) is 0 Å². The number of rotatable bonds is 7. The Morgan fingerprint density at radius 3 is 2.17 bits per heavy atom. The quantitative estimate of drug-likeness (QED) is 0.198. The first-order chi connectivity index (χ1) is 20.0. The topological polar surface area (TPSA) is 82.2 Å². The molecule has 2 heterocycles. The van der Waals surface area contributed by atoms with Crippen molar-refractivity contribution in [2.45, 2.75) is 80.6 Å². The zero-order valence-electron chi connectivity index (χ0n) is 26.9. The summed E-state index contributed by atoms with van der Waals surface area (Å²) in [6.45, 7) is 16.6. The Kier molecular flexibility index (Phi) is 16.4. The van der Waals surface area contributed by atoms with E-state index in [0.29, 0.717) is 0 Å². The Labute approximate surface area is 248 Å². The van der Waals surface area contributed by atoms with E-state index in [4.69, 9.17) is 4.99 Å². The average Bonchev–Trinajstić information content (AvgIpc) is 3.48. The van der Waals surface area contributed by atoms with E-state index in [1.165, 1.54) is 23.1 Å². The number of H-pyrrole nitrogens is 1. The average molecular weight is 558 g/mol. The predicted molar refractivity (Wildman–Crippen MR) is 180 cm³/mol. The maximum atomic E-state index is 11.6. The van der Waals surface area contributed by atoms with Crippen LogP contribution in [0.25, 0.3) is 22.3 Å². The van der Waals surface area contributed by atoms with Crippen molar-refractivity contribution in [3.05, 3.63) is 83.6 Å². The van der Waals surface area contributed by atoms with Gasteiger partial charge in [0, 0.05) is 48.7 Å². The highest BCUT2D eigenvalue weighted by Crippen LogP contribution is 2.33. The van der Waals surface area contributed by atoms with E-state index in [1.807, 2.05) is 65.2 Å². The van der Waals surface area contributed by atoms with Gasteiger partial charge >= 0.3 is 6.03 Å². The van der Waals surface area contributed by atoms with Crippen LogP contribution < -0.4 is 10.6 Å². The van der Waals surface area contributed by atoms with Crippen molar-refractivity contribution in [2.24, 2.45) is 4.99 Å². The molecule has 6 heteroatoms. The molecule has 0 bridgehead atoms. The van der Waals surface area contributed by atoms with Crippen LogP contribution in [-0.4, -0.2) is 35.8 Å². The van der Waals surface area contributed by atoms with Gasteiger partial charge in [-0.2, -0.15) is 0 Å². The van der Waals surface area contributed by atoms with E-state index in [-0.39, 0.29) is 11.9 Å². The van der Waals surface area contributed by atoms with Crippen LogP contribution >= 0.6 is 0 Å². The standard InChI is InChI=1S/C28H31N5O.C3H8.2C2H6/c1-5-18-8-7-9-20(16-18)25-17-24-23(14-15-31-27(24)33-25)22(6-2)26(29-3)19-10-12-21(13-11-19)32-28(34)30-4;1-3-2;2*1-2/h7-17,22H,5-6H2,1-4H3,(H,31,33)(H2,30,32,34);3H2,1-2H3;2*1-2H3. The Balaban J connectivity index is 0.00000110. The SMILES string of the molecule is CC.CC.CCC.CCc1cccc(-c2cc3c(C(CC)C(=NC)c4ccc(NC(=O)NC)cc4)ccnc3[nH]2)c1. The summed E-state index contributed by atoms with van der Waals surface area (Å²) in [7, 11) is 3.44. The molecule has 2 aromatic heterocycles. The number of anilines is 1. The van der Waals surface area contributed by atoms with Crippen molar-refractivity contribution in [1.82, 2.24) is 15.3 Å². The van der Waals surface area contributed by atoms with Gasteiger partial charge in [-0.1, -0.05) is 92.1 Å². The molecule has 0 saturated carbocycles. The highest BCUT2D eigenvalue weighted by atomic mass is 16.2. The van der Waals surface area contributed by atoms with Crippen molar-refractivity contribution in [3.63, 3.8) is 0 Å². The van der Waals surface area contributed by atoms with Crippen LogP contribution in [0.2, 0.25) is 0 Å². The monoisotopic (exact) mass is 557 g/mol. The number of aromatic amines is 1. The van der Waals surface area contributed by atoms with Gasteiger partial charge in [-0.15, -0.1) is 0 Å². The molecule has 2 aromatic carbocycles. The molecule has 4 rings (SSSR count). The van der Waals surface area contributed by atoms with Crippen molar-refractivity contribution in [1.29, 1.82) is 0 Å². The number of aromatic nitrogens is 2. The van der Waals surface area contributed by atoms with Crippen LogP contribution in [0.3, 0.4) is 0 Å². The molecule has 41 heavy (non-hydrogen) atoms. The maximum Gasteiger partial charge on any atom is 0.318 e. The summed E-state index contributed by atoms with van der Waals surface area (Å²) in [5.74, 6) is 0.110. The van der Waals surface area contributed by atoms with E-state index < -0.39 is 0 Å². The van der Waals surface area contributed by atoms with Crippen LogP contribution in [-0.2, 0) is 6.42 Å². The third-order valence-electron chi connectivity index (χ3n) is 6.23. The highest BCUT2D eigenvalue weighted by molar-refractivity contribution is 6.07. The first kappa shape index (κ1) is 35.1. The number of aliphatic imine (C=N–C) groups is 1. The second-order valence-corrected chi connectivity index (χ2v) is 8.96. The number of nitrogens with one attached hydrogen (secondary N) is 3. The van der Waals surface area contributed by atoms with Crippen LogP contribution in [0.4, 0.5) is 10.5 Å². The van der Waals surface area contributed by atoms with Crippen molar-refractivity contribution in [3.8, 4) is 11.3 Å². The molecule has 0 radical (unpaired) electrons. The van der Waals surface area contributed by atoms with E-state index in [1.54, 1.807) is 7.05 Å². The van der Waals surface area contributed by atoms with Gasteiger partial charge in [0.15, 0.2) is 0 Å². The number of urea groups is 1. The number of fused-ring (bicyclic) bond motifs is 1. The molecule has 0 aliphatic carbocycles. The summed E-state index contributed by atoms with van der Waals surface area (Å²) < 4.78 is 0. The second kappa shape index (κ2) is 19.2. The van der Waals surface area contributed by atoms with Crippen LogP contribution in [0, 0.1) is 0 Å². The molecule has 0 fully saturated rings. The number of aryl methyl sites for hydroxylation is 1. The minimum atomic E-state index is -0.240. The van der Waals surface area contributed by atoms with Gasteiger partial charge in [0.1, 0.15) is 5.65 Å². The van der Waals surface area contributed by atoms with Crippen molar-refractivity contribution >= 4 is 28.5 Å². The number of benzene rings is 2. The van der Waals surface area contributed by atoms with Gasteiger partial charge < -0.3 is 15.6 Å². The van der Waals surface area contributed by atoms with Crippen LogP contribution in [0.15, 0.2) is 71.9 Å². The second-order valence-electron chi connectivity index (χ2n) is 8.96. The van der Waals surface area contributed by atoms with E-state index in [2.05, 4.69) is 84.7 Å². The molecular formula is C35H51N5O. The Hall–Kier alpha value is -3.93. The maximum absolute atomic E-state index is 11.6. The molecule has 0 spiro atoms. The fourth-order valence-electron chi connectivity index (χ4n) is 4.43. The molecule has 6 nitrogen and oxygen atoms in total. The summed E-state index contributed by atoms with van der Waals surface area (Å²) in [4.78, 5) is 24.4. The Bertz CT molecular complexity index is 1340. The van der Waals surface area contributed by atoms with Gasteiger partial charge in [0.05, 0.1) is 0 Å². The van der Waals surface area contributed by atoms with E-state index in [9.17, 15) is 4.79 Å². The minimum Gasteiger partial charge on any atom is -0.341 e.